The van der Waals surface area contributed by atoms with E-state index in [4.69, 9.17) is 4.74 Å². The molecule has 0 aliphatic carbocycles. The summed E-state index contributed by atoms with van der Waals surface area (Å²) in [4.78, 5) is 149. The third-order valence-electron chi connectivity index (χ3n) is 14.2. The maximum Gasteiger partial charge on any atom is 0.329 e. The molecule has 1 aliphatic heterocycles. The van der Waals surface area contributed by atoms with Gasteiger partial charge < -0.3 is 51.3 Å². The number of rotatable bonds is 14. The molecule has 2 aromatic carbocycles. The largest absolute Gasteiger partial charge is 0.458 e. The van der Waals surface area contributed by atoms with Crippen molar-refractivity contribution in [3.05, 3.63) is 71.8 Å². The van der Waals surface area contributed by atoms with Gasteiger partial charge in [0.25, 0.3) is 0 Å². The van der Waals surface area contributed by atoms with Gasteiger partial charge in [0.2, 0.25) is 53.2 Å². The van der Waals surface area contributed by atoms with Gasteiger partial charge in [-0.1, -0.05) is 144 Å². The van der Waals surface area contributed by atoms with Crippen LogP contribution < -0.4 is 31.9 Å². The predicted octanol–water partition coefficient (Wildman–Crippen LogP) is 3.93. The Kier molecular flexibility index (Phi) is 26.3. The first-order valence-corrected chi connectivity index (χ1v) is 28.3. The predicted molar refractivity (Wildman–Crippen MR) is 306 cm³/mol. The van der Waals surface area contributed by atoms with E-state index >= 15 is 4.79 Å². The standard InChI is InChI=1S/C60H93N9O11/c1-33(2)28-43-52(71)62-44(31-41-24-20-18-21-25-41)53(72)65-48(36(7)8)55(74)61-39(13)57(76)69(17)51(38(11)12)60(79)80-40(14)50(64-47(70)30-35(5)6)56(75)66-49(37(9)10)59(78)68(16)46(29-34(3)4)58(77)67(15)45(54(73)63-43)32-42-26-22-19-23-27-42/h18-27,33-40,43-46,48-51H,28-32H2,1-17H3,(H,61,74)(H,62,71)(H,63,73)(H,64,70)(H,65,72)(H,66,75)/t39-,40+,43-,44+,45-,46-,48+,49-,50-,51-/m0/s1. The highest BCUT2D eigenvalue weighted by Crippen LogP contribution is 2.22. The number of nitrogens with zero attached hydrogens (tertiary/aromatic N) is 3. The van der Waals surface area contributed by atoms with Gasteiger partial charge in [0, 0.05) is 40.4 Å². The van der Waals surface area contributed by atoms with Crippen LogP contribution in [0.4, 0.5) is 0 Å². The normalized spacial score (nSPS) is 25.5. The van der Waals surface area contributed by atoms with Crippen LogP contribution in [0.25, 0.3) is 0 Å². The molecular formula is C60H93N9O11. The van der Waals surface area contributed by atoms with E-state index in [1.165, 1.54) is 44.8 Å². The first-order chi connectivity index (χ1) is 37.4. The molecule has 3 rings (SSSR count). The average Bonchev–Trinajstić information content (AvgIpc) is 3.37. The number of nitrogens with one attached hydrogen (secondary N) is 6. The first kappa shape index (κ1) is 67.4. The number of amides is 9. The van der Waals surface area contributed by atoms with Crippen LogP contribution in [-0.4, -0.2) is 155 Å². The van der Waals surface area contributed by atoms with Crippen molar-refractivity contribution in [2.24, 2.45) is 35.5 Å². The highest BCUT2D eigenvalue weighted by molar-refractivity contribution is 5.99. The number of carbonyl (C=O) groups is 10. The van der Waals surface area contributed by atoms with Crippen molar-refractivity contribution >= 4 is 59.1 Å². The minimum atomic E-state index is -1.54. The van der Waals surface area contributed by atoms with Crippen LogP contribution in [-0.2, 0) is 65.5 Å². The Hall–Kier alpha value is -6.86. The van der Waals surface area contributed by atoms with E-state index < -0.39 is 137 Å². The number of ether oxygens (including phenoxy) is 1. The molecule has 1 saturated heterocycles. The molecule has 1 aliphatic rings. The van der Waals surface area contributed by atoms with E-state index in [9.17, 15) is 43.2 Å². The molecule has 1 heterocycles. The summed E-state index contributed by atoms with van der Waals surface area (Å²) in [5.41, 5.74) is 1.37. The molecule has 444 valence electrons. The van der Waals surface area contributed by atoms with Gasteiger partial charge in [-0.2, -0.15) is 0 Å². The Balaban J connectivity index is 2.32. The van der Waals surface area contributed by atoms with Crippen molar-refractivity contribution in [2.75, 3.05) is 21.1 Å². The number of hydrogen-bond donors (Lipinski definition) is 6. The molecule has 2 aromatic rings. The van der Waals surface area contributed by atoms with Crippen molar-refractivity contribution in [2.45, 2.75) is 190 Å². The maximum atomic E-state index is 15.2. The average molecular weight is 1120 g/mol. The number of esters is 1. The van der Waals surface area contributed by atoms with E-state index in [0.717, 1.165) is 4.90 Å². The Bertz CT molecular complexity index is 2430. The molecule has 20 nitrogen and oxygen atoms in total. The summed E-state index contributed by atoms with van der Waals surface area (Å²) in [6.07, 6.45) is -1.11. The fourth-order valence-electron chi connectivity index (χ4n) is 9.73. The quantitative estimate of drug-likeness (QED) is 0.148. The summed E-state index contributed by atoms with van der Waals surface area (Å²) in [5, 5.41) is 16.8. The summed E-state index contributed by atoms with van der Waals surface area (Å²) in [6, 6.07) is 6.44. The molecule has 0 radical (unpaired) electrons. The smallest absolute Gasteiger partial charge is 0.329 e. The van der Waals surface area contributed by atoms with Gasteiger partial charge in [-0.25, -0.2) is 4.79 Å². The molecule has 0 spiro atoms. The molecule has 10 atom stereocenters. The molecule has 20 heteroatoms. The molecule has 0 saturated carbocycles. The third kappa shape index (κ3) is 19.7. The van der Waals surface area contributed by atoms with Gasteiger partial charge in [0.15, 0.2) is 0 Å². The monoisotopic (exact) mass is 1120 g/mol. The van der Waals surface area contributed by atoms with E-state index in [1.54, 1.807) is 96.1 Å². The molecule has 0 unspecified atom stereocenters. The van der Waals surface area contributed by atoms with E-state index in [0.29, 0.717) is 11.1 Å². The van der Waals surface area contributed by atoms with Crippen molar-refractivity contribution in [3.63, 3.8) is 0 Å². The summed E-state index contributed by atoms with van der Waals surface area (Å²) in [7, 11) is 4.29. The van der Waals surface area contributed by atoms with Crippen molar-refractivity contribution < 1.29 is 52.7 Å². The number of benzene rings is 2. The fourth-order valence-corrected chi connectivity index (χ4v) is 9.73. The van der Waals surface area contributed by atoms with Crippen LogP contribution in [0.5, 0.6) is 0 Å². The van der Waals surface area contributed by atoms with E-state index in [1.807, 2.05) is 47.6 Å². The molecular weight excluding hydrogens is 1020 g/mol. The topological polar surface area (TPSA) is 262 Å². The van der Waals surface area contributed by atoms with Crippen LogP contribution in [0.2, 0.25) is 0 Å². The number of hydrogen-bond acceptors (Lipinski definition) is 11. The van der Waals surface area contributed by atoms with Gasteiger partial charge in [-0.3, -0.25) is 43.2 Å². The first-order valence-electron chi connectivity index (χ1n) is 28.3. The zero-order valence-corrected chi connectivity index (χ0v) is 50.4. The van der Waals surface area contributed by atoms with Gasteiger partial charge in [-0.15, -0.1) is 0 Å². The molecule has 0 bridgehead atoms. The number of cyclic esters (lactones) is 1. The second-order valence-corrected chi connectivity index (χ2v) is 23.8. The highest BCUT2D eigenvalue weighted by Gasteiger charge is 2.43. The van der Waals surface area contributed by atoms with Gasteiger partial charge in [0.05, 0.1) is 0 Å². The van der Waals surface area contributed by atoms with Gasteiger partial charge in [0.1, 0.15) is 60.5 Å². The Morgan fingerprint density at radius 1 is 0.500 bits per heavy atom. The Morgan fingerprint density at radius 3 is 1.49 bits per heavy atom. The minimum absolute atomic E-state index is 0.00442. The van der Waals surface area contributed by atoms with Crippen LogP contribution in [0.15, 0.2) is 60.7 Å². The highest BCUT2D eigenvalue weighted by atomic mass is 16.5. The SMILES string of the molecule is CC(C)CC(=O)N[C@@H]1C(=O)N[C@@H](C(C)C)C(=O)N(C)[C@@H](CC(C)C)C(=O)N(C)[C@@H](Cc2ccccc2)C(=O)N[C@@H](CC(C)C)C(=O)N[C@H](Cc2ccccc2)C(=O)N[C@H](C(C)C)C(=O)N[C@@H](C)C(=O)N(C)[C@@H](C(C)C)C(=O)O[C@@H]1C. The molecule has 0 aromatic heterocycles. The second kappa shape index (κ2) is 31.2. The summed E-state index contributed by atoms with van der Waals surface area (Å²) >= 11 is 0. The van der Waals surface area contributed by atoms with Crippen molar-refractivity contribution in [1.82, 2.24) is 46.6 Å². The van der Waals surface area contributed by atoms with Crippen molar-refractivity contribution in [3.8, 4) is 0 Å². The van der Waals surface area contributed by atoms with Crippen molar-refractivity contribution in [1.29, 1.82) is 0 Å². The zero-order valence-electron chi connectivity index (χ0n) is 50.4. The number of likely N-dealkylation sites (N-methyl/N-ethyl adjacent to an activating group) is 3. The van der Waals surface area contributed by atoms with Crippen LogP contribution in [0.3, 0.4) is 0 Å². The molecule has 80 heavy (non-hydrogen) atoms. The summed E-state index contributed by atoms with van der Waals surface area (Å²) < 4.78 is 5.95. The maximum absolute atomic E-state index is 15.2. The minimum Gasteiger partial charge on any atom is -0.458 e. The Morgan fingerprint density at radius 2 is 0.988 bits per heavy atom. The Labute approximate surface area is 474 Å². The van der Waals surface area contributed by atoms with E-state index in [2.05, 4.69) is 31.9 Å². The van der Waals surface area contributed by atoms with E-state index in [-0.39, 0.29) is 49.9 Å². The lowest BCUT2D eigenvalue weighted by Crippen LogP contribution is -2.63. The second-order valence-electron chi connectivity index (χ2n) is 23.8. The lowest BCUT2D eigenvalue weighted by atomic mass is 9.96. The summed E-state index contributed by atoms with van der Waals surface area (Å²) in [5.74, 6) is -9.24. The van der Waals surface area contributed by atoms with Crippen LogP contribution >= 0.6 is 0 Å². The van der Waals surface area contributed by atoms with Gasteiger partial charge >= 0.3 is 5.97 Å². The van der Waals surface area contributed by atoms with Crippen LogP contribution in [0.1, 0.15) is 127 Å². The molecule has 9 amide bonds. The molecule has 6 N–H and O–H groups in total. The van der Waals surface area contributed by atoms with Gasteiger partial charge in [-0.05, 0) is 73.3 Å². The number of carbonyl (C=O) groups excluding carboxylic acids is 10. The third-order valence-corrected chi connectivity index (χ3v) is 14.2. The zero-order chi connectivity index (χ0) is 60.5. The summed E-state index contributed by atoms with van der Waals surface area (Å²) in [6.45, 7) is 24.1. The lowest BCUT2D eigenvalue weighted by Gasteiger charge is -2.38. The lowest BCUT2D eigenvalue weighted by molar-refractivity contribution is -0.163. The molecule has 1 fully saturated rings. The fraction of sp³-hybridized carbons (Fsp3) is 0.633. The van der Waals surface area contributed by atoms with Crippen LogP contribution in [0, 0.1) is 35.5 Å².